The molecule has 1 aliphatic heterocycles. The molecule has 36 heavy (non-hydrogen) atoms. The summed E-state index contributed by atoms with van der Waals surface area (Å²) in [7, 11) is 0. The molecule has 0 radical (unpaired) electrons. The zero-order valence-corrected chi connectivity index (χ0v) is 20.2. The number of halogens is 6. The third kappa shape index (κ3) is 6.33. The molecule has 0 bridgehead atoms. The fourth-order valence-electron chi connectivity index (χ4n) is 3.73. The van der Waals surface area contributed by atoms with Crippen LogP contribution in [-0.4, -0.2) is 23.3 Å². The van der Waals surface area contributed by atoms with Crippen molar-refractivity contribution in [2.75, 3.05) is 6.54 Å². The molecule has 2 heterocycles. The molecule has 0 spiro atoms. The van der Waals surface area contributed by atoms with Gasteiger partial charge in [0.1, 0.15) is 11.5 Å². The van der Waals surface area contributed by atoms with Crippen LogP contribution in [0.15, 0.2) is 53.5 Å². The number of alkyl halides is 3. The fraction of sp³-hybridized carbons (Fsp3) is 0.240. The lowest BCUT2D eigenvalue weighted by molar-refractivity contribution is -0.137. The van der Waals surface area contributed by atoms with E-state index < -0.39 is 23.5 Å². The van der Waals surface area contributed by atoms with E-state index in [0.29, 0.717) is 33.8 Å². The number of aromatic nitrogens is 1. The van der Waals surface area contributed by atoms with Crippen molar-refractivity contribution >= 4 is 34.9 Å². The van der Waals surface area contributed by atoms with Crippen LogP contribution in [0.1, 0.15) is 40.0 Å². The van der Waals surface area contributed by atoms with Crippen LogP contribution in [0, 0.1) is 5.82 Å². The summed E-state index contributed by atoms with van der Waals surface area (Å²) in [6.45, 7) is 1.02. The molecule has 5 nitrogen and oxygen atoms in total. The molecule has 0 aliphatic carbocycles. The highest BCUT2D eigenvalue weighted by Gasteiger charge is 2.34. The van der Waals surface area contributed by atoms with Gasteiger partial charge >= 0.3 is 6.18 Å². The van der Waals surface area contributed by atoms with Crippen LogP contribution in [0.4, 0.5) is 17.6 Å². The Morgan fingerprint density at radius 2 is 1.78 bits per heavy atom. The van der Waals surface area contributed by atoms with Crippen molar-refractivity contribution in [1.82, 2.24) is 15.6 Å². The quantitative estimate of drug-likeness (QED) is 0.355. The number of amidine groups is 1. The van der Waals surface area contributed by atoms with Gasteiger partial charge in [0.15, 0.2) is 0 Å². The summed E-state index contributed by atoms with van der Waals surface area (Å²) in [5.74, 6) is -0.836. The summed E-state index contributed by atoms with van der Waals surface area (Å²) in [6.07, 6.45) is -3.13. The van der Waals surface area contributed by atoms with Gasteiger partial charge in [0.2, 0.25) is 0 Å². The van der Waals surface area contributed by atoms with E-state index in [0.717, 1.165) is 30.8 Å². The van der Waals surface area contributed by atoms with E-state index in [9.17, 15) is 22.4 Å². The molecule has 4 rings (SSSR count). The first-order valence-electron chi connectivity index (χ1n) is 11.0. The van der Waals surface area contributed by atoms with Crippen LogP contribution >= 0.6 is 23.2 Å². The van der Waals surface area contributed by atoms with Gasteiger partial charge in [-0.1, -0.05) is 29.3 Å². The molecule has 2 N–H and O–H groups in total. The van der Waals surface area contributed by atoms with E-state index in [1.54, 1.807) is 18.2 Å². The van der Waals surface area contributed by atoms with Crippen LogP contribution in [0.5, 0.6) is 0 Å². The molecule has 2 aromatic carbocycles. The van der Waals surface area contributed by atoms with Gasteiger partial charge in [-0.15, -0.1) is 0 Å². The SMILES string of the molecule is O=C(NCc1ccc(Cl)c(Cl)c1)c1cc(CNC2=NCCC2)cc(-c2ccc(F)cc2C(F)(F)F)n1. The summed E-state index contributed by atoms with van der Waals surface area (Å²) in [5.41, 5.74) is -0.505. The maximum atomic E-state index is 13.7. The molecule has 0 saturated heterocycles. The highest BCUT2D eigenvalue weighted by Crippen LogP contribution is 2.37. The van der Waals surface area contributed by atoms with E-state index >= 15 is 0 Å². The topological polar surface area (TPSA) is 66.4 Å². The normalized spacial score (nSPS) is 13.4. The smallest absolute Gasteiger partial charge is 0.370 e. The monoisotopic (exact) mass is 538 g/mol. The zero-order valence-electron chi connectivity index (χ0n) is 18.7. The Balaban J connectivity index is 1.67. The van der Waals surface area contributed by atoms with E-state index in [1.807, 2.05) is 0 Å². The number of benzene rings is 2. The Labute approximate surface area is 214 Å². The van der Waals surface area contributed by atoms with Crippen molar-refractivity contribution < 1.29 is 22.4 Å². The van der Waals surface area contributed by atoms with E-state index in [2.05, 4.69) is 20.6 Å². The number of carbonyl (C=O) groups is 1. The Bertz CT molecular complexity index is 1330. The molecule has 3 aromatic rings. The average molecular weight is 539 g/mol. The molecule has 0 unspecified atom stereocenters. The lowest BCUT2D eigenvalue weighted by Gasteiger charge is -2.15. The van der Waals surface area contributed by atoms with Crippen molar-refractivity contribution in [3.8, 4) is 11.3 Å². The van der Waals surface area contributed by atoms with Crippen LogP contribution in [0.3, 0.4) is 0 Å². The molecule has 11 heteroatoms. The minimum atomic E-state index is -4.82. The molecular formula is C25H20Cl2F4N4O. The molecule has 1 aromatic heterocycles. The molecule has 1 aliphatic rings. The van der Waals surface area contributed by atoms with Gasteiger partial charge in [-0.25, -0.2) is 9.37 Å². The van der Waals surface area contributed by atoms with Crippen molar-refractivity contribution in [3.05, 3.63) is 86.8 Å². The molecule has 0 atom stereocenters. The predicted octanol–water partition coefficient (Wildman–Crippen LogP) is 6.43. The number of carbonyl (C=O) groups excluding carboxylic acids is 1. The summed E-state index contributed by atoms with van der Waals surface area (Å²) in [5, 5.41) is 6.52. The largest absolute Gasteiger partial charge is 0.417 e. The van der Waals surface area contributed by atoms with Gasteiger partial charge in [-0.3, -0.25) is 9.79 Å². The number of hydrogen-bond donors (Lipinski definition) is 2. The number of rotatable bonds is 6. The van der Waals surface area contributed by atoms with E-state index in [4.69, 9.17) is 23.2 Å². The van der Waals surface area contributed by atoms with Gasteiger partial charge in [0, 0.05) is 31.6 Å². The van der Waals surface area contributed by atoms with Gasteiger partial charge in [0.25, 0.3) is 5.91 Å². The first kappa shape index (κ1) is 25.9. The van der Waals surface area contributed by atoms with Crippen molar-refractivity contribution in [2.24, 2.45) is 4.99 Å². The standard InChI is InChI=1S/C25H20Cl2F4N4O/c26-19-6-3-14(8-20(19)27)12-34-24(36)22-10-15(13-33-23-2-1-7-32-23)9-21(35-22)17-5-4-16(28)11-18(17)25(29,30)31/h3-6,8-11H,1-2,7,12-13H2,(H,32,33)(H,34,36). The number of aliphatic imine (C=N–C) groups is 1. The van der Waals surface area contributed by atoms with Crippen molar-refractivity contribution in [2.45, 2.75) is 32.1 Å². The maximum absolute atomic E-state index is 13.7. The second-order valence-electron chi connectivity index (χ2n) is 8.15. The average Bonchev–Trinajstić information content (AvgIpc) is 3.36. The number of hydrogen-bond acceptors (Lipinski definition) is 4. The molecular weight excluding hydrogens is 519 g/mol. The zero-order chi connectivity index (χ0) is 25.9. The summed E-state index contributed by atoms with van der Waals surface area (Å²) >= 11 is 11.9. The Morgan fingerprint density at radius 1 is 0.972 bits per heavy atom. The number of amides is 1. The molecule has 1 amide bonds. The van der Waals surface area contributed by atoms with Crippen molar-refractivity contribution in [1.29, 1.82) is 0 Å². The minimum absolute atomic E-state index is 0.0878. The Kier molecular flexibility index (Phi) is 7.80. The number of pyridine rings is 1. The molecule has 0 fully saturated rings. The van der Waals surface area contributed by atoms with Gasteiger partial charge < -0.3 is 10.6 Å². The minimum Gasteiger partial charge on any atom is -0.370 e. The first-order valence-corrected chi connectivity index (χ1v) is 11.7. The lowest BCUT2D eigenvalue weighted by atomic mass is 10.0. The third-order valence-electron chi connectivity index (χ3n) is 5.49. The van der Waals surface area contributed by atoms with Gasteiger partial charge in [0.05, 0.1) is 27.1 Å². The van der Waals surface area contributed by atoms with Crippen molar-refractivity contribution in [3.63, 3.8) is 0 Å². The fourth-order valence-corrected chi connectivity index (χ4v) is 4.05. The molecule has 188 valence electrons. The number of nitrogens with zero attached hydrogens (tertiary/aromatic N) is 2. The first-order chi connectivity index (χ1) is 17.1. The highest BCUT2D eigenvalue weighted by atomic mass is 35.5. The second-order valence-corrected chi connectivity index (χ2v) is 8.96. The van der Waals surface area contributed by atoms with E-state index in [1.165, 1.54) is 12.1 Å². The van der Waals surface area contributed by atoms with E-state index in [-0.39, 0.29) is 30.0 Å². The second kappa shape index (κ2) is 10.8. The van der Waals surface area contributed by atoms with Gasteiger partial charge in [-0.05, 0) is 60.0 Å². The maximum Gasteiger partial charge on any atom is 0.417 e. The Hall–Kier alpha value is -3.17. The molecule has 0 saturated carbocycles. The number of nitrogens with one attached hydrogen (secondary N) is 2. The third-order valence-corrected chi connectivity index (χ3v) is 6.23. The predicted molar refractivity (Wildman–Crippen MR) is 131 cm³/mol. The summed E-state index contributed by atoms with van der Waals surface area (Å²) < 4.78 is 54.7. The van der Waals surface area contributed by atoms with Gasteiger partial charge in [-0.2, -0.15) is 13.2 Å². The highest BCUT2D eigenvalue weighted by molar-refractivity contribution is 6.42. The summed E-state index contributed by atoms with van der Waals surface area (Å²) in [4.78, 5) is 21.5. The lowest BCUT2D eigenvalue weighted by Crippen LogP contribution is -2.25. The van der Waals surface area contributed by atoms with Crippen LogP contribution in [-0.2, 0) is 19.3 Å². The van der Waals surface area contributed by atoms with Crippen LogP contribution in [0.25, 0.3) is 11.3 Å². The Morgan fingerprint density at radius 3 is 2.47 bits per heavy atom. The van der Waals surface area contributed by atoms with Crippen LogP contribution < -0.4 is 10.6 Å². The summed E-state index contributed by atoms with van der Waals surface area (Å²) in [6, 6.07) is 10.2. The van der Waals surface area contributed by atoms with Crippen LogP contribution in [0.2, 0.25) is 10.0 Å².